The minimum atomic E-state index is -0.682. The number of aromatic nitrogens is 4. The van der Waals surface area contributed by atoms with Crippen LogP contribution in [0.5, 0.6) is 5.75 Å². The Kier molecular flexibility index (Phi) is 7.12. The maximum absolute atomic E-state index is 14.2. The number of halogens is 1. The van der Waals surface area contributed by atoms with Crippen molar-refractivity contribution >= 4 is 17.6 Å². The molecule has 0 spiro atoms. The second kappa shape index (κ2) is 9.82. The Hall–Kier alpha value is -3.73. The van der Waals surface area contributed by atoms with Gasteiger partial charge in [-0.2, -0.15) is 5.10 Å². The number of carbonyl (C=O) groups excluding carboxylic acids is 1. The predicted octanol–water partition coefficient (Wildman–Crippen LogP) is 3.76. The Labute approximate surface area is 190 Å². The van der Waals surface area contributed by atoms with E-state index in [9.17, 15) is 9.18 Å². The van der Waals surface area contributed by atoms with Crippen molar-refractivity contribution in [3.63, 3.8) is 0 Å². The first kappa shape index (κ1) is 23.9. The number of amides is 1. The number of ether oxygens (including phenoxy) is 3. The average molecular weight is 458 g/mol. The normalized spacial score (nSPS) is 11.3. The first-order valence-corrected chi connectivity index (χ1v) is 10.1. The fraction of sp³-hybridized carbons (Fsp3) is 0.364. The summed E-state index contributed by atoms with van der Waals surface area (Å²) in [6, 6.07) is 6.05. The molecule has 11 heteroatoms. The Morgan fingerprint density at radius 1 is 1.24 bits per heavy atom. The van der Waals surface area contributed by atoms with Crippen LogP contribution in [0.4, 0.5) is 20.7 Å². The van der Waals surface area contributed by atoms with E-state index in [1.165, 1.54) is 19.2 Å². The maximum Gasteiger partial charge on any atom is 0.413 e. The van der Waals surface area contributed by atoms with Gasteiger partial charge in [0.25, 0.3) is 0 Å². The van der Waals surface area contributed by atoms with Crippen molar-refractivity contribution in [1.29, 1.82) is 0 Å². The Bertz CT molecular complexity index is 1140. The minimum Gasteiger partial charge on any atom is -0.492 e. The molecular weight excluding hydrogens is 431 g/mol. The maximum atomic E-state index is 14.2. The van der Waals surface area contributed by atoms with E-state index >= 15 is 0 Å². The number of pyridine rings is 1. The number of carbonyl (C=O) groups is 1. The zero-order valence-electron chi connectivity index (χ0n) is 19.2. The molecule has 0 saturated heterocycles. The zero-order chi connectivity index (χ0) is 24.2. The summed E-state index contributed by atoms with van der Waals surface area (Å²) in [5.74, 6) is 0.649. The zero-order valence-corrected chi connectivity index (χ0v) is 19.2. The van der Waals surface area contributed by atoms with Gasteiger partial charge in [-0.05, 0) is 57.5 Å². The molecule has 1 amide bonds. The number of nitrogens with zero attached hydrogens (tertiary/aromatic N) is 4. The number of hydrogen-bond acceptors (Lipinski definition) is 8. The molecule has 10 nitrogen and oxygen atoms in total. The number of nitrogens with one attached hydrogen (secondary N) is 1. The highest BCUT2D eigenvalue weighted by atomic mass is 19.1. The van der Waals surface area contributed by atoms with Gasteiger partial charge in [0.05, 0.1) is 26.0 Å². The van der Waals surface area contributed by atoms with Crippen LogP contribution in [-0.2, 0) is 22.7 Å². The molecule has 3 rings (SSSR count). The third kappa shape index (κ3) is 6.39. The van der Waals surface area contributed by atoms with Gasteiger partial charge in [-0.3, -0.25) is 5.32 Å². The number of aryl methyl sites for hydroxylation is 1. The number of anilines is 2. The van der Waals surface area contributed by atoms with E-state index in [0.717, 1.165) is 5.56 Å². The van der Waals surface area contributed by atoms with Gasteiger partial charge in [0, 0.05) is 0 Å². The molecule has 2 aromatic heterocycles. The van der Waals surface area contributed by atoms with Crippen molar-refractivity contribution in [2.45, 2.75) is 46.5 Å². The summed E-state index contributed by atoms with van der Waals surface area (Å²) < 4.78 is 32.0. The topological polar surface area (TPSA) is 126 Å². The fourth-order valence-corrected chi connectivity index (χ4v) is 2.96. The van der Waals surface area contributed by atoms with Crippen LogP contribution in [-0.4, -0.2) is 38.6 Å². The lowest BCUT2D eigenvalue weighted by Crippen LogP contribution is -2.27. The van der Waals surface area contributed by atoms with E-state index in [1.807, 2.05) is 0 Å². The number of rotatable bonds is 7. The molecule has 2 heterocycles. The average Bonchev–Trinajstić information content (AvgIpc) is 3.14. The molecule has 0 unspecified atom stereocenters. The number of methoxy groups -OCH3 is 1. The highest BCUT2D eigenvalue weighted by Gasteiger charge is 2.17. The van der Waals surface area contributed by atoms with Gasteiger partial charge < -0.3 is 19.9 Å². The van der Waals surface area contributed by atoms with Crippen LogP contribution in [0.25, 0.3) is 5.69 Å². The molecule has 176 valence electrons. The Morgan fingerprint density at radius 3 is 2.64 bits per heavy atom. The largest absolute Gasteiger partial charge is 0.492 e. The van der Waals surface area contributed by atoms with Crippen LogP contribution in [0.1, 0.15) is 37.9 Å². The minimum absolute atomic E-state index is 0.0390. The molecule has 0 saturated carbocycles. The van der Waals surface area contributed by atoms with E-state index in [-0.39, 0.29) is 24.7 Å². The molecule has 0 atom stereocenters. The van der Waals surface area contributed by atoms with Crippen LogP contribution in [0.15, 0.2) is 30.6 Å². The summed E-state index contributed by atoms with van der Waals surface area (Å²) in [5, 5.41) is 6.77. The SMILES string of the molecule is COc1c(N)cc(COCc2nc(NC(=O)OC(C)(C)C)ccc2F)cc1-n1cnc(C)n1. The molecule has 1 aromatic carbocycles. The van der Waals surface area contributed by atoms with Crippen LogP contribution in [0, 0.1) is 12.7 Å². The molecule has 0 bridgehead atoms. The van der Waals surface area contributed by atoms with E-state index in [1.54, 1.807) is 50.8 Å². The number of benzene rings is 1. The van der Waals surface area contributed by atoms with Gasteiger partial charge in [-0.15, -0.1) is 0 Å². The molecule has 0 aliphatic carbocycles. The molecule has 0 aliphatic rings. The lowest BCUT2D eigenvalue weighted by molar-refractivity contribution is 0.0635. The van der Waals surface area contributed by atoms with Gasteiger partial charge in [-0.1, -0.05) is 0 Å². The van der Waals surface area contributed by atoms with Crippen molar-refractivity contribution in [3.8, 4) is 11.4 Å². The van der Waals surface area contributed by atoms with Crippen molar-refractivity contribution in [1.82, 2.24) is 19.7 Å². The lowest BCUT2D eigenvalue weighted by atomic mass is 10.1. The second-order valence-electron chi connectivity index (χ2n) is 8.22. The lowest BCUT2D eigenvalue weighted by Gasteiger charge is -2.19. The highest BCUT2D eigenvalue weighted by molar-refractivity contribution is 5.83. The molecule has 33 heavy (non-hydrogen) atoms. The van der Waals surface area contributed by atoms with Gasteiger partial charge in [-0.25, -0.2) is 23.8 Å². The van der Waals surface area contributed by atoms with E-state index in [2.05, 4.69) is 20.4 Å². The summed E-state index contributed by atoms with van der Waals surface area (Å²) in [6.45, 7) is 6.99. The van der Waals surface area contributed by atoms with Gasteiger partial charge in [0.15, 0.2) is 5.75 Å². The smallest absolute Gasteiger partial charge is 0.413 e. The summed E-state index contributed by atoms with van der Waals surface area (Å²) in [6.07, 6.45) is 0.873. The predicted molar refractivity (Wildman–Crippen MR) is 120 cm³/mol. The quantitative estimate of drug-likeness (QED) is 0.513. The first-order chi connectivity index (χ1) is 15.6. The molecule has 0 radical (unpaired) electrons. The molecule has 0 fully saturated rings. The van der Waals surface area contributed by atoms with Gasteiger partial charge >= 0.3 is 6.09 Å². The third-order valence-electron chi connectivity index (χ3n) is 4.27. The monoisotopic (exact) mass is 458 g/mol. The molecule has 3 N–H and O–H groups in total. The van der Waals surface area contributed by atoms with Crippen molar-refractivity contribution in [2.75, 3.05) is 18.2 Å². The summed E-state index contributed by atoms with van der Waals surface area (Å²) in [4.78, 5) is 20.2. The summed E-state index contributed by atoms with van der Waals surface area (Å²) in [7, 11) is 1.52. The second-order valence-corrected chi connectivity index (χ2v) is 8.22. The van der Waals surface area contributed by atoms with Crippen LogP contribution in [0.2, 0.25) is 0 Å². The van der Waals surface area contributed by atoms with Crippen LogP contribution in [0.3, 0.4) is 0 Å². The summed E-state index contributed by atoms with van der Waals surface area (Å²) >= 11 is 0. The Morgan fingerprint density at radius 2 is 2.00 bits per heavy atom. The van der Waals surface area contributed by atoms with Gasteiger partial charge in [0.2, 0.25) is 0 Å². The summed E-state index contributed by atoms with van der Waals surface area (Å²) in [5.41, 5.74) is 7.22. The molecule has 3 aromatic rings. The van der Waals surface area contributed by atoms with E-state index in [0.29, 0.717) is 22.9 Å². The van der Waals surface area contributed by atoms with Crippen LogP contribution >= 0.6 is 0 Å². The number of hydrogen-bond donors (Lipinski definition) is 2. The number of nitrogens with two attached hydrogens (primary N) is 1. The highest BCUT2D eigenvalue weighted by Crippen LogP contribution is 2.31. The van der Waals surface area contributed by atoms with Crippen molar-refractivity contribution in [3.05, 3.63) is 53.5 Å². The van der Waals surface area contributed by atoms with E-state index in [4.69, 9.17) is 19.9 Å². The van der Waals surface area contributed by atoms with Gasteiger partial charge in [0.1, 0.15) is 40.8 Å². The third-order valence-corrected chi connectivity index (χ3v) is 4.27. The van der Waals surface area contributed by atoms with Crippen molar-refractivity contribution < 1.29 is 23.4 Å². The van der Waals surface area contributed by atoms with Crippen LogP contribution < -0.4 is 15.8 Å². The fourth-order valence-electron chi connectivity index (χ4n) is 2.96. The van der Waals surface area contributed by atoms with E-state index < -0.39 is 17.5 Å². The van der Waals surface area contributed by atoms with Crippen molar-refractivity contribution in [2.24, 2.45) is 0 Å². The first-order valence-electron chi connectivity index (χ1n) is 10.1. The standard InChI is InChI=1S/C22H27FN6O4/c1-13-25-12-29(28-13)18-9-14(8-16(24)20(18)31-5)10-32-11-17-15(23)6-7-19(26-17)27-21(30)33-22(2,3)4/h6-9,12H,10-11,24H2,1-5H3,(H,26,27,30). The molecule has 0 aliphatic heterocycles. The number of nitrogen functional groups attached to an aromatic ring is 1. The Balaban J connectivity index is 1.70. The molecular formula is C22H27FN6O4.